The Morgan fingerprint density at radius 2 is 2.29 bits per heavy atom. The van der Waals surface area contributed by atoms with Gasteiger partial charge >= 0.3 is 5.97 Å². The number of hydrogen-bond acceptors (Lipinski definition) is 4. The van der Waals surface area contributed by atoms with Gasteiger partial charge in [-0.05, 0) is 37.0 Å². The molecule has 0 saturated carbocycles. The quantitative estimate of drug-likeness (QED) is 0.792. The molecule has 92 valence electrons. The zero-order chi connectivity index (χ0) is 12.3. The van der Waals surface area contributed by atoms with E-state index in [2.05, 4.69) is 6.07 Å². The maximum Gasteiger partial charge on any atom is 0.344 e. The summed E-state index contributed by atoms with van der Waals surface area (Å²) >= 11 is 0. The first-order valence-electron chi connectivity index (χ1n) is 5.85. The molecule has 0 bridgehead atoms. The molecule has 0 amide bonds. The Morgan fingerprint density at radius 3 is 3.06 bits per heavy atom. The van der Waals surface area contributed by atoms with E-state index < -0.39 is 0 Å². The summed E-state index contributed by atoms with van der Waals surface area (Å²) in [6.45, 7) is 2.11. The van der Waals surface area contributed by atoms with Gasteiger partial charge in [0.15, 0.2) is 6.61 Å². The smallest absolute Gasteiger partial charge is 0.344 e. The maximum absolute atomic E-state index is 11.2. The first kappa shape index (κ1) is 11.9. The van der Waals surface area contributed by atoms with Gasteiger partial charge in [0.1, 0.15) is 5.75 Å². The van der Waals surface area contributed by atoms with Gasteiger partial charge in [0, 0.05) is 6.04 Å². The van der Waals surface area contributed by atoms with Gasteiger partial charge in [0.2, 0.25) is 0 Å². The van der Waals surface area contributed by atoms with Crippen molar-refractivity contribution in [3.63, 3.8) is 0 Å². The molecule has 17 heavy (non-hydrogen) atoms. The van der Waals surface area contributed by atoms with Gasteiger partial charge in [0.25, 0.3) is 0 Å². The van der Waals surface area contributed by atoms with Crippen molar-refractivity contribution in [2.75, 3.05) is 13.2 Å². The van der Waals surface area contributed by atoms with Crippen molar-refractivity contribution in [3.8, 4) is 5.75 Å². The van der Waals surface area contributed by atoms with Crippen LogP contribution in [0.1, 0.15) is 18.1 Å². The van der Waals surface area contributed by atoms with Crippen molar-refractivity contribution in [2.45, 2.75) is 25.8 Å². The van der Waals surface area contributed by atoms with Gasteiger partial charge in [-0.25, -0.2) is 4.79 Å². The molecule has 0 saturated heterocycles. The maximum atomic E-state index is 11.2. The van der Waals surface area contributed by atoms with Gasteiger partial charge in [-0.1, -0.05) is 12.1 Å². The van der Waals surface area contributed by atoms with E-state index in [9.17, 15) is 4.79 Å². The molecule has 4 nitrogen and oxygen atoms in total. The SMILES string of the molecule is CCOC(=O)COc1cccc2c1CC(N)C2. The van der Waals surface area contributed by atoms with Crippen molar-refractivity contribution < 1.29 is 14.3 Å². The number of benzene rings is 1. The highest BCUT2D eigenvalue weighted by molar-refractivity contribution is 5.71. The van der Waals surface area contributed by atoms with Crippen LogP contribution in [0.2, 0.25) is 0 Å². The first-order valence-corrected chi connectivity index (χ1v) is 5.85. The van der Waals surface area contributed by atoms with E-state index in [1.807, 2.05) is 12.1 Å². The summed E-state index contributed by atoms with van der Waals surface area (Å²) < 4.78 is 10.3. The molecular weight excluding hydrogens is 218 g/mol. The molecule has 2 rings (SSSR count). The Balaban J connectivity index is 2.03. The Kier molecular flexibility index (Phi) is 3.64. The minimum absolute atomic E-state index is 0.0421. The summed E-state index contributed by atoms with van der Waals surface area (Å²) in [5.74, 6) is 0.413. The van der Waals surface area contributed by atoms with E-state index in [-0.39, 0.29) is 18.6 Å². The van der Waals surface area contributed by atoms with Gasteiger partial charge < -0.3 is 15.2 Å². The lowest BCUT2D eigenvalue weighted by Gasteiger charge is -2.10. The zero-order valence-electron chi connectivity index (χ0n) is 9.94. The fourth-order valence-electron chi connectivity index (χ4n) is 2.13. The third-order valence-electron chi connectivity index (χ3n) is 2.83. The largest absolute Gasteiger partial charge is 0.482 e. The van der Waals surface area contributed by atoms with E-state index in [1.54, 1.807) is 6.92 Å². The molecule has 0 fully saturated rings. The third-order valence-corrected chi connectivity index (χ3v) is 2.83. The fourth-order valence-corrected chi connectivity index (χ4v) is 2.13. The number of fused-ring (bicyclic) bond motifs is 1. The second kappa shape index (κ2) is 5.19. The number of ether oxygens (including phenoxy) is 2. The van der Waals surface area contributed by atoms with Gasteiger partial charge in [-0.15, -0.1) is 0 Å². The highest BCUT2D eigenvalue weighted by atomic mass is 16.6. The second-order valence-corrected chi connectivity index (χ2v) is 4.16. The van der Waals surface area contributed by atoms with E-state index in [0.29, 0.717) is 6.61 Å². The molecule has 0 aromatic heterocycles. The zero-order valence-corrected chi connectivity index (χ0v) is 9.94. The molecule has 0 spiro atoms. The molecule has 2 N–H and O–H groups in total. The van der Waals surface area contributed by atoms with Crippen LogP contribution in [0, 0.1) is 0 Å². The molecule has 1 aliphatic rings. The third kappa shape index (κ3) is 2.77. The molecule has 1 atom stereocenters. The summed E-state index contributed by atoms with van der Waals surface area (Å²) in [5.41, 5.74) is 8.26. The molecule has 0 aliphatic heterocycles. The predicted molar refractivity (Wildman–Crippen MR) is 64.0 cm³/mol. The Morgan fingerprint density at radius 1 is 1.47 bits per heavy atom. The van der Waals surface area contributed by atoms with Gasteiger partial charge in [-0.2, -0.15) is 0 Å². The Hall–Kier alpha value is -1.55. The average molecular weight is 235 g/mol. The second-order valence-electron chi connectivity index (χ2n) is 4.16. The fraction of sp³-hybridized carbons (Fsp3) is 0.462. The molecular formula is C13H17NO3. The van der Waals surface area contributed by atoms with Crippen LogP contribution in [0.15, 0.2) is 18.2 Å². The van der Waals surface area contributed by atoms with Crippen LogP contribution in [-0.4, -0.2) is 25.2 Å². The predicted octanol–water partition coefficient (Wildman–Crippen LogP) is 1.05. The lowest BCUT2D eigenvalue weighted by molar-refractivity contribution is -0.145. The van der Waals surface area contributed by atoms with Crippen LogP contribution in [-0.2, 0) is 22.4 Å². The Bertz CT molecular complexity index is 417. The summed E-state index contributed by atoms with van der Waals surface area (Å²) in [4.78, 5) is 11.2. The highest BCUT2D eigenvalue weighted by Gasteiger charge is 2.21. The van der Waals surface area contributed by atoms with Crippen molar-refractivity contribution in [1.29, 1.82) is 0 Å². The normalized spacial score (nSPS) is 17.6. The first-order chi connectivity index (χ1) is 8.20. The number of nitrogens with two attached hydrogens (primary N) is 1. The molecule has 1 aliphatic carbocycles. The summed E-state index contributed by atoms with van der Waals surface area (Å²) in [6, 6.07) is 6.02. The van der Waals surface area contributed by atoms with Crippen LogP contribution in [0.5, 0.6) is 5.75 Å². The van der Waals surface area contributed by atoms with Gasteiger partial charge in [-0.3, -0.25) is 0 Å². The summed E-state index contributed by atoms with van der Waals surface area (Å²) in [7, 11) is 0. The lowest BCUT2D eigenvalue weighted by atomic mass is 10.1. The average Bonchev–Trinajstić information content (AvgIpc) is 2.67. The summed E-state index contributed by atoms with van der Waals surface area (Å²) in [5, 5.41) is 0. The van der Waals surface area contributed by atoms with Crippen LogP contribution < -0.4 is 10.5 Å². The molecule has 4 heteroatoms. The van der Waals surface area contributed by atoms with Crippen LogP contribution in [0.25, 0.3) is 0 Å². The molecule has 1 aromatic rings. The van der Waals surface area contributed by atoms with Gasteiger partial charge in [0.05, 0.1) is 6.61 Å². The standard InChI is InChI=1S/C13H17NO3/c1-2-16-13(15)8-17-12-5-3-4-9-6-10(14)7-11(9)12/h3-5,10H,2,6-8,14H2,1H3. The number of esters is 1. The number of carbonyl (C=O) groups excluding carboxylic acids is 1. The van der Waals surface area contributed by atoms with Crippen molar-refractivity contribution in [3.05, 3.63) is 29.3 Å². The minimum atomic E-state index is -0.340. The minimum Gasteiger partial charge on any atom is -0.482 e. The van der Waals surface area contributed by atoms with E-state index in [0.717, 1.165) is 24.2 Å². The van der Waals surface area contributed by atoms with E-state index in [4.69, 9.17) is 15.2 Å². The molecule has 0 heterocycles. The number of hydrogen-bond donors (Lipinski definition) is 1. The number of rotatable bonds is 4. The van der Waals surface area contributed by atoms with Crippen molar-refractivity contribution in [2.24, 2.45) is 5.73 Å². The highest BCUT2D eigenvalue weighted by Crippen LogP contribution is 2.29. The van der Waals surface area contributed by atoms with Crippen molar-refractivity contribution in [1.82, 2.24) is 0 Å². The monoisotopic (exact) mass is 235 g/mol. The van der Waals surface area contributed by atoms with E-state index >= 15 is 0 Å². The molecule has 1 unspecified atom stereocenters. The van der Waals surface area contributed by atoms with E-state index in [1.165, 1.54) is 5.56 Å². The number of carbonyl (C=O) groups is 1. The molecule has 0 radical (unpaired) electrons. The topological polar surface area (TPSA) is 61.5 Å². The molecule has 1 aromatic carbocycles. The lowest BCUT2D eigenvalue weighted by Crippen LogP contribution is -2.19. The summed E-state index contributed by atoms with van der Waals surface area (Å²) in [6.07, 6.45) is 1.69. The van der Waals surface area contributed by atoms with Crippen molar-refractivity contribution >= 4 is 5.97 Å². The van der Waals surface area contributed by atoms with Crippen LogP contribution in [0.3, 0.4) is 0 Å². The Labute approximate surface area is 101 Å². The van der Waals surface area contributed by atoms with Crippen LogP contribution in [0.4, 0.5) is 0 Å². The van der Waals surface area contributed by atoms with Crippen LogP contribution >= 0.6 is 0 Å².